The summed E-state index contributed by atoms with van der Waals surface area (Å²) in [5, 5.41) is 9.44. The van der Waals surface area contributed by atoms with Crippen molar-refractivity contribution in [2.24, 2.45) is 0 Å². The van der Waals surface area contributed by atoms with Gasteiger partial charge in [-0.3, -0.25) is 20.1 Å². The molecule has 0 saturated carbocycles. The van der Waals surface area contributed by atoms with Gasteiger partial charge in [-0.1, -0.05) is 0 Å². The first-order chi connectivity index (χ1) is 14.8. The Kier molecular flexibility index (Phi) is 3.00. The minimum absolute atomic E-state index is 0.694. The summed E-state index contributed by atoms with van der Waals surface area (Å²) in [5.74, 6) is 0. The van der Waals surface area contributed by atoms with Gasteiger partial charge >= 0.3 is 0 Å². The molecule has 0 aliphatic rings. The first kappa shape index (κ1) is 15.8. The fraction of sp³-hybridized carbons (Fsp3) is 0. The quantitative estimate of drug-likeness (QED) is 0.335. The standard InChI is InChI=1S/C21H12N8S/c1-2-17-25-11-5-10(7-22-8-11)14-6-12-15(9-24-14)28-29-18(12)21-26-13-3-4-23-20(16(1)30-17)19(13)27-21/h1-9,25H,(H,26,27)(H,28,29). The van der Waals surface area contributed by atoms with Gasteiger partial charge in [0.15, 0.2) is 5.65 Å². The zero-order chi connectivity index (χ0) is 19.7. The monoisotopic (exact) mass is 408 g/mol. The summed E-state index contributed by atoms with van der Waals surface area (Å²) in [5.41, 5.74) is 6.60. The average molecular weight is 408 g/mol. The van der Waals surface area contributed by atoms with E-state index in [0.717, 1.165) is 58.9 Å². The number of nitrogens with zero attached hydrogens (tertiary/aromatic N) is 5. The molecule has 0 spiro atoms. The van der Waals surface area contributed by atoms with Crippen molar-refractivity contribution in [2.75, 3.05) is 0 Å². The van der Waals surface area contributed by atoms with Crippen LogP contribution < -0.4 is 0 Å². The Morgan fingerprint density at radius 1 is 0.833 bits per heavy atom. The Morgan fingerprint density at radius 3 is 2.83 bits per heavy atom. The van der Waals surface area contributed by atoms with Gasteiger partial charge in [0.05, 0.1) is 44.0 Å². The Bertz CT molecular complexity index is 1820. The molecule has 0 fully saturated rings. The van der Waals surface area contributed by atoms with Crippen molar-refractivity contribution < 1.29 is 0 Å². The molecule has 0 aliphatic heterocycles. The number of imidazole rings is 1. The zero-order valence-electron chi connectivity index (χ0n) is 15.3. The van der Waals surface area contributed by atoms with Crippen molar-refractivity contribution in [1.29, 1.82) is 0 Å². The Balaban J connectivity index is 1.80. The highest BCUT2D eigenvalue weighted by molar-refractivity contribution is 7.23. The van der Waals surface area contributed by atoms with Crippen LogP contribution in [0.5, 0.6) is 0 Å². The average Bonchev–Trinajstić information content (AvgIpc) is 3.50. The van der Waals surface area contributed by atoms with Crippen LogP contribution in [-0.4, -0.2) is 40.1 Å². The highest BCUT2D eigenvalue weighted by Crippen LogP contribution is 2.28. The van der Waals surface area contributed by atoms with Crippen molar-refractivity contribution >= 4 is 75.9 Å². The minimum atomic E-state index is 0.694. The number of rotatable bonds is 0. The summed E-state index contributed by atoms with van der Waals surface area (Å²) in [7, 11) is 0. The van der Waals surface area contributed by atoms with E-state index >= 15 is 0 Å². The van der Waals surface area contributed by atoms with Crippen LogP contribution in [0.3, 0.4) is 0 Å². The Morgan fingerprint density at radius 2 is 1.83 bits per heavy atom. The molecule has 9 heteroatoms. The molecule has 0 amide bonds. The normalized spacial score (nSPS) is 12.0. The summed E-state index contributed by atoms with van der Waals surface area (Å²) in [4.78, 5) is 26.3. The van der Waals surface area contributed by atoms with E-state index in [9.17, 15) is 0 Å². The molecule has 0 aromatic carbocycles. The molecule has 0 atom stereocenters. The van der Waals surface area contributed by atoms with Gasteiger partial charge in [-0.25, -0.2) is 4.98 Å². The third-order valence-electron chi connectivity index (χ3n) is 5.21. The lowest BCUT2D eigenvalue weighted by Gasteiger charge is -1.95. The highest BCUT2D eigenvalue weighted by atomic mass is 32.1. The van der Waals surface area contributed by atoms with Crippen molar-refractivity contribution in [3.05, 3.63) is 55.1 Å². The number of aromatic nitrogens is 8. The van der Waals surface area contributed by atoms with Crippen molar-refractivity contribution in [2.45, 2.75) is 0 Å². The van der Waals surface area contributed by atoms with Gasteiger partial charge in [0.2, 0.25) is 0 Å². The molecule has 7 rings (SSSR count). The van der Waals surface area contributed by atoms with E-state index in [1.54, 1.807) is 29.9 Å². The van der Waals surface area contributed by atoms with E-state index in [0.29, 0.717) is 5.65 Å². The number of hydrogen-bond acceptors (Lipinski definition) is 6. The molecular formula is C21H12N8S. The smallest absolute Gasteiger partial charge is 0.159 e. The molecule has 8 bridgehead atoms. The number of nitrogens with one attached hydrogen (secondary N) is 3. The molecule has 0 saturated heterocycles. The van der Waals surface area contributed by atoms with Gasteiger partial charge < -0.3 is 9.97 Å². The number of aromatic amines is 3. The second-order valence-electron chi connectivity index (χ2n) is 7.08. The second kappa shape index (κ2) is 5.71. The first-order valence-electron chi connectivity index (χ1n) is 9.34. The molecule has 142 valence electrons. The molecule has 3 N–H and O–H groups in total. The van der Waals surface area contributed by atoms with Gasteiger partial charge in [0, 0.05) is 23.2 Å². The van der Waals surface area contributed by atoms with E-state index < -0.39 is 0 Å². The third-order valence-corrected chi connectivity index (χ3v) is 6.22. The molecule has 30 heavy (non-hydrogen) atoms. The Labute approximate surface area is 171 Å². The molecule has 7 heterocycles. The second-order valence-corrected chi connectivity index (χ2v) is 8.16. The maximum absolute atomic E-state index is 4.87. The summed E-state index contributed by atoms with van der Waals surface area (Å²) < 4.78 is 1.04. The lowest BCUT2D eigenvalue weighted by Crippen LogP contribution is -1.80. The Hall–Kier alpha value is -4.11. The van der Waals surface area contributed by atoms with Gasteiger partial charge in [-0.05, 0) is 30.3 Å². The fourth-order valence-corrected chi connectivity index (χ4v) is 4.73. The molecule has 0 unspecified atom stereocenters. The summed E-state index contributed by atoms with van der Waals surface area (Å²) in [6, 6.07) is 10.1. The molecule has 8 nitrogen and oxygen atoms in total. The summed E-state index contributed by atoms with van der Waals surface area (Å²) in [6.07, 6.45) is 7.21. The van der Waals surface area contributed by atoms with E-state index in [-0.39, 0.29) is 0 Å². The van der Waals surface area contributed by atoms with Gasteiger partial charge in [-0.15, -0.1) is 11.3 Å². The maximum Gasteiger partial charge on any atom is 0.159 e. The number of H-pyrrole nitrogens is 3. The maximum atomic E-state index is 4.87. The number of pyridine rings is 3. The number of fused-ring (bicyclic) bond motifs is 9. The largest absolute Gasteiger partial charge is 0.346 e. The van der Waals surface area contributed by atoms with Crippen molar-refractivity contribution in [1.82, 2.24) is 40.1 Å². The highest BCUT2D eigenvalue weighted by Gasteiger charge is 2.10. The minimum Gasteiger partial charge on any atom is -0.346 e. The van der Waals surface area contributed by atoms with E-state index in [1.807, 2.05) is 30.5 Å². The third kappa shape index (κ3) is 2.23. The summed E-state index contributed by atoms with van der Waals surface area (Å²) in [6.45, 7) is 0. The van der Waals surface area contributed by atoms with Crippen LogP contribution >= 0.6 is 11.3 Å². The lowest BCUT2D eigenvalue weighted by molar-refractivity contribution is 1.14. The van der Waals surface area contributed by atoms with Crippen LogP contribution in [0.25, 0.3) is 64.6 Å². The van der Waals surface area contributed by atoms with E-state index in [2.05, 4.69) is 41.2 Å². The zero-order valence-corrected chi connectivity index (χ0v) is 16.2. The number of hydrogen-bond donors (Lipinski definition) is 3. The molecule has 7 aromatic heterocycles. The molecule has 0 radical (unpaired) electrons. The van der Waals surface area contributed by atoms with Gasteiger partial charge in [-0.2, -0.15) is 5.10 Å². The SMILES string of the molecule is c1cc2[nH]c3nc2c(n1)c1ccc([nH]c2cncc(c2)c2cc4c(cn2)[nH]nc34)s1. The van der Waals surface area contributed by atoms with Crippen molar-refractivity contribution in [3.8, 4) is 0 Å². The predicted octanol–water partition coefficient (Wildman–Crippen LogP) is 4.75. The lowest BCUT2D eigenvalue weighted by atomic mass is 10.2. The first-order valence-corrected chi connectivity index (χ1v) is 10.2. The van der Waals surface area contributed by atoms with Crippen LogP contribution in [0.2, 0.25) is 0 Å². The topological polar surface area (TPSA) is 112 Å². The molecule has 0 aliphatic carbocycles. The molecular weight excluding hydrogens is 396 g/mol. The van der Waals surface area contributed by atoms with Crippen LogP contribution in [0.15, 0.2) is 55.1 Å². The predicted molar refractivity (Wildman–Crippen MR) is 119 cm³/mol. The van der Waals surface area contributed by atoms with Crippen LogP contribution in [-0.2, 0) is 0 Å². The van der Waals surface area contributed by atoms with Gasteiger partial charge in [0.1, 0.15) is 16.6 Å². The number of thiophene rings is 1. The summed E-state index contributed by atoms with van der Waals surface area (Å²) >= 11 is 1.62. The van der Waals surface area contributed by atoms with Crippen LogP contribution in [0, 0.1) is 0 Å². The van der Waals surface area contributed by atoms with Crippen LogP contribution in [0.4, 0.5) is 0 Å². The van der Waals surface area contributed by atoms with E-state index in [4.69, 9.17) is 4.98 Å². The van der Waals surface area contributed by atoms with E-state index in [1.165, 1.54) is 0 Å². The fourth-order valence-electron chi connectivity index (χ4n) is 3.81. The van der Waals surface area contributed by atoms with Crippen molar-refractivity contribution in [3.63, 3.8) is 0 Å². The van der Waals surface area contributed by atoms with Gasteiger partial charge in [0.25, 0.3) is 0 Å². The molecule has 7 aromatic rings. The van der Waals surface area contributed by atoms with Crippen LogP contribution in [0.1, 0.15) is 0 Å².